The minimum Gasteiger partial charge on any atom is -0.486 e. The lowest BCUT2D eigenvalue weighted by Crippen LogP contribution is -2.18. The Balaban J connectivity index is 1.29. The van der Waals surface area contributed by atoms with Gasteiger partial charge in [0, 0.05) is 29.4 Å². The molecule has 5 nitrogen and oxygen atoms in total. The van der Waals surface area contributed by atoms with Gasteiger partial charge in [0.25, 0.3) is 0 Å². The van der Waals surface area contributed by atoms with Crippen molar-refractivity contribution in [1.29, 1.82) is 0 Å². The molecule has 0 unspecified atom stereocenters. The van der Waals surface area contributed by atoms with Crippen LogP contribution in [0.5, 0.6) is 11.5 Å². The van der Waals surface area contributed by atoms with Crippen LogP contribution in [-0.4, -0.2) is 38.0 Å². The van der Waals surface area contributed by atoms with E-state index in [9.17, 15) is 4.79 Å². The largest absolute Gasteiger partial charge is 0.486 e. The predicted molar refractivity (Wildman–Crippen MR) is 105 cm³/mol. The van der Waals surface area contributed by atoms with Crippen LogP contribution in [-0.2, 0) is 4.79 Å². The van der Waals surface area contributed by atoms with Gasteiger partial charge in [0.1, 0.15) is 13.2 Å². The highest BCUT2D eigenvalue weighted by Crippen LogP contribution is 2.34. The first-order valence-electron chi connectivity index (χ1n) is 8.95. The number of amides is 1. The minimum absolute atomic E-state index is 0.0150. The van der Waals surface area contributed by atoms with E-state index in [1.807, 2.05) is 30.3 Å². The summed E-state index contributed by atoms with van der Waals surface area (Å²) in [4.78, 5) is 15.6. The van der Waals surface area contributed by atoms with Gasteiger partial charge in [0.2, 0.25) is 5.91 Å². The van der Waals surface area contributed by atoms with Crippen LogP contribution in [0, 0.1) is 0 Å². The molecule has 0 atom stereocenters. The zero-order chi connectivity index (χ0) is 17.8. The molecule has 1 saturated heterocycles. The molecule has 6 heteroatoms. The summed E-state index contributed by atoms with van der Waals surface area (Å²) in [5.74, 6) is 1.86. The number of hydrogen-bond donors (Lipinski definition) is 1. The van der Waals surface area contributed by atoms with Gasteiger partial charge < -0.3 is 19.7 Å². The molecule has 0 saturated carbocycles. The van der Waals surface area contributed by atoms with Crippen molar-refractivity contribution in [1.82, 2.24) is 0 Å². The molecule has 26 heavy (non-hydrogen) atoms. The number of carbonyl (C=O) groups is 1. The van der Waals surface area contributed by atoms with Crippen molar-refractivity contribution in [3.63, 3.8) is 0 Å². The maximum Gasteiger partial charge on any atom is 0.234 e. The normalized spacial score (nSPS) is 15.8. The summed E-state index contributed by atoms with van der Waals surface area (Å²) in [6.07, 6.45) is 2.52. The predicted octanol–water partition coefficient (Wildman–Crippen LogP) is 3.79. The topological polar surface area (TPSA) is 50.8 Å². The van der Waals surface area contributed by atoms with Gasteiger partial charge in [-0.3, -0.25) is 4.79 Å². The van der Waals surface area contributed by atoms with E-state index < -0.39 is 0 Å². The maximum atomic E-state index is 12.2. The van der Waals surface area contributed by atoms with Crippen LogP contribution in [0.15, 0.2) is 47.4 Å². The third kappa shape index (κ3) is 4.07. The van der Waals surface area contributed by atoms with E-state index in [4.69, 9.17) is 9.47 Å². The van der Waals surface area contributed by atoms with Crippen LogP contribution in [0.4, 0.5) is 11.4 Å². The molecule has 2 aromatic carbocycles. The third-order valence-electron chi connectivity index (χ3n) is 4.51. The highest BCUT2D eigenvalue weighted by atomic mass is 32.2. The minimum atomic E-state index is -0.0150. The summed E-state index contributed by atoms with van der Waals surface area (Å²) >= 11 is 1.49. The molecule has 4 rings (SSSR count). The van der Waals surface area contributed by atoms with Gasteiger partial charge in [-0.15, -0.1) is 11.8 Å². The number of anilines is 2. The number of carbonyl (C=O) groups excluding carboxylic acids is 1. The number of ether oxygens (including phenoxy) is 2. The molecular formula is C20H22N2O3S. The summed E-state index contributed by atoms with van der Waals surface area (Å²) < 4.78 is 11.1. The van der Waals surface area contributed by atoms with Gasteiger partial charge in [0.05, 0.1) is 5.75 Å². The molecule has 0 aromatic heterocycles. The van der Waals surface area contributed by atoms with Crippen molar-refractivity contribution < 1.29 is 14.3 Å². The molecule has 1 fully saturated rings. The van der Waals surface area contributed by atoms with Crippen LogP contribution in [0.2, 0.25) is 0 Å². The Morgan fingerprint density at radius 3 is 2.50 bits per heavy atom. The van der Waals surface area contributed by atoms with Gasteiger partial charge in [-0.1, -0.05) is 0 Å². The first-order chi connectivity index (χ1) is 12.8. The first-order valence-corrected chi connectivity index (χ1v) is 9.94. The van der Waals surface area contributed by atoms with E-state index in [0.717, 1.165) is 35.2 Å². The van der Waals surface area contributed by atoms with Crippen LogP contribution in [0.25, 0.3) is 0 Å². The summed E-state index contributed by atoms with van der Waals surface area (Å²) in [5.41, 5.74) is 2.06. The van der Waals surface area contributed by atoms with E-state index in [2.05, 4.69) is 22.3 Å². The van der Waals surface area contributed by atoms with E-state index in [1.165, 1.54) is 30.3 Å². The Kier molecular flexibility index (Phi) is 5.20. The molecule has 0 radical (unpaired) electrons. The van der Waals surface area contributed by atoms with E-state index >= 15 is 0 Å². The molecule has 2 aliphatic rings. The van der Waals surface area contributed by atoms with Crippen molar-refractivity contribution in [2.45, 2.75) is 17.7 Å². The summed E-state index contributed by atoms with van der Waals surface area (Å²) in [5, 5.41) is 2.96. The summed E-state index contributed by atoms with van der Waals surface area (Å²) in [6, 6.07) is 13.9. The van der Waals surface area contributed by atoms with Gasteiger partial charge in [0.15, 0.2) is 11.5 Å². The summed E-state index contributed by atoms with van der Waals surface area (Å²) in [6.45, 7) is 3.39. The lowest BCUT2D eigenvalue weighted by atomic mass is 10.2. The maximum absolute atomic E-state index is 12.2. The fraction of sp³-hybridized carbons (Fsp3) is 0.350. The van der Waals surface area contributed by atoms with E-state index in [0.29, 0.717) is 19.0 Å². The van der Waals surface area contributed by atoms with Gasteiger partial charge >= 0.3 is 0 Å². The van der Waals surface area contributed by atoms with Crippen LogP contribution < -0.4 is 19.7 Å². The Hall–Kier alpha value is -2.34. The average molecular weight is 370 g/mol. The highest BCUT2D eigenvalue weighted by Gasteiger charge is 2.14. The Labute approximate surface area is 157 Å². The van der Waals surface area contributed by atoms with E-state index in [1.54, 1.807) is 0 Å². The second-order valence-corrected chi connectivity index (χ2v) is 7.43. The Bertz CT molecular complexity index is 773. The van der Waals surface area contributed by atoms with Crippen molar-refractivity contribution in [2.24, 2.45) is 0 Å². The lowest BCUT2D eigenvalue weighted by molar-refractivity contribution is -0.113. The third-order valence-corrected chi connectivity index (χ3v) is 5.50. The molecule has 0 bridgehead atoms. The van der Waals surface area contributed by atoms with Gasteiger partial charge in [-0.05, 0) is 55.3 Å². The van der Waals surface area contributed by atoms with Crippen molar-refractivity contribution in [3.05, 3.63) is 42.5 Å². The lowest BCUT2D eigenvalue weighted by Gasteiger charge is -2.18. The second kappa shape index (κ2) is 7.91. The SMILES string of the molecule is O=C(CSc1ccc2c(c1)OCCO2)Nc1ccc(N2CCCC2)cc1. The van der Waals surface area contributed by atoms with E-state index in [-0.39, 0.29) is 5.91 Å². The monoisotopic (exact) mass is 370 g/mol. The number of benzene rings is 2. The first kappa shape index (κ1) is 17.1. The Morgan fingerprint density at radius 1 is 1.00 bits per heavy atom. The molecule has 0 aliphatic carbocycles. The van der Waals surface area contributed by atoms with Crippen LogP contribution in [0.3, 0.4) is 0 Å². The molecule has 0 spiro atoms. The van der Waals surface area contributed by atoms with Crippen LogP contribution >= 0.6 is 11.8 Å². The number of nitrogens with zero attached hydrogens (tertiary/aromatic N) is 1. The molecule has 2 aromatic rings. The molecular weight excluding hydrogens is 348 g/mol. The number of rotatable bonds is 5. The van der Waals surface area contributed by atoms with Crippen molar-refractivity contribution in [2.75, 3.05) is 42.3 Å². The summed E-state index contributed by atoms with van der Waals surface area (Å²) in [7, 11) is 0. The van der Waals surface area contributed by atoms with Crippen molar-refractivity contribution in [3.8, 4) is 11.5 Å². The fourth-order valence-corrected chi connectivity index (χ4v) is 3.91. The molecule has 136 valence electrons. The standard InChI is InChI=1S/C20H22N2O3S/c23-20(14-26-17-7-8-18-19(13-17)25-12-11-24-18)21-15-3-5-16(6-4-15)22-9-1-2-10-22/h3-8,13H,1-2,9-12,14H2,(H,21,23). The Morgan fingerprint density at radius 2 is 1.73 bits per heavy atom. The zero-order valence-electron chi connectivity index (χ0n) is 14.6. The second-order valence-electron chi connectivity index (χ2n) is 6.38. The highest BCUT2D eigenvalue weighted by molar-refractivity contribution is 8.00. The number of nitrogens with one attached hydrogen (secondary N) is 1. The number of fused-ring (bicyclic) bond motifs is 1. The van der Waals surface area contributed by atoms with Crippen LogP contribution in [0.1, 0.15) is 12.8 Å². The van der Waals surface area contributed by atoms with Gasteiger partial charge in [-0.25, -0.2) is 0 Å². The average Bonchev–Trinajstić information content (AvgIpc) is 3.22. The van der Waals surface area contributed by atoms with Gasteiger partial charge in [-0.2, -0.15) is 0 Å². The molecule has 1 N–H and O–H groups in total. The molecule has 1 amide bonds. The molecule has 2 aliphatic heterocycles. The van der Waals surface area contributed by atoms with Crippen molar-refractivity contribution >= 4 is 29.0 Å². The quantitative estimate of drug-likeness (QED) is 0.812. The number of hydrogen-bond acceptors (Lipinski definition) is 5. The molecule has 2 heterocycles. The number of thioether (sulfide) groups is 1. The fourth-order valence-electron chi connectivity index (χ4n) is 3.19. The zero-order valence-corrected chi connectivity index (χ0v) is 15.4. The smallest absolute Gasteiger partial charge is 0.234 e.